The van der Waals surface area contributed by atoms with Crippen LogP contribution in [0.2, 0.25) is 0 Å². The lowest BCUT2D eigenvalue weighted by molar-refractivity contribution is 0.0939. The van der Waals surface area contributed by atoms with E-state index in [2.05, 4.69) is 4.72 Å². The molecule has 26 heavy (non-hydrogen) atoms. The lowest BCUT2D eigenvalue weighted by Gasteiger charge is -2.34. The third-order valence-corrected chi connectivity index (χ3v) is 6.59. The maximum absolute atomic E-state index is 13.1. The Bertz CT molecular complexity index is 867. The van der Waals surface area contributed by atoms with E-state index in [4.69, 9.17) is 0 Å². The van der Waals surface area contributed by atoms with Gasteiger partial charge in [-0.15, -0.1) is 0 Å². The highest BCUT2D eigenvalue weighted by molar-refractivity contribution is 7.94. The summed E-state index contributed by atoms with van der Waals surface area (Å²) < 4.78 is 28.6. The van der Waals surface area contributed by atoms with Crippen molar-refractivity contribution in [1.29, 1.82) is 0 Å². The Morgan fingerprint density at radius 1 is 1.04 bits per heavy atom. The van der Waals surface area contributed by atoms with Crippen molar-refractivity contribution in [3.05, 3.63) is 46.0 Å². The van der Waals surface area contributed by atoms with Gasteiger partial charge in [-0.05, 0) is 32.6 Å². The number of carbonyl (C=O) groups excluding carboxylic acids is 2. The fourth-order valence-corrected chi connectivity index (χ4v) is 5.05. The van der Waals surface area contributed by atoms with Gasteiger partial charge in [0.15, 0.2) is 4.91 Å². The van der Waals surface area contributed by atoms with E-state index in [1.165, 1.54) is 6.07 Å². The number of piperidine rings is 1. The fraction of sp³-hybridized carbons (Fsp3) is 0.474. The van der Waals surface area contributed by atoms with Crippen molar-refractivity contribution in [2.45, 2.75) is 45.6 Å². The zero-order chi connectivity index (χ0) is 18.9. The molecule has 0 amide bonds. The molecule has 0 radical (unpaired) electrons. The molecule has 1 N–H and O–H groups in total. The van der Waals surface area contributed by atoms with Gasteiger partial charge in [0.25, 0.3) is 0 Å². The maximum Gasteiger partial charge on any atom is 0.246 e. The van der Waals surface area contributed by atoms with Crippen LogP contribution in [0.5, 0.6) is 0 Å². The normalized spacial score (nSPS) is 19.5. The number of ketones is 2. The molecule has 1 atom stereocenters. The molecule has 1 unspecified atom stereocenters. The molecule has 0 aromatic heterocycles. The van der Waals surface area contributed by atoms with Crippen LogP contribution < -0.4 is 4.72 Å². The number of carbonyl (C=O) groups is 2. The zero-order valence-electron chi connectivity index (χ0n) is 15.1. The minimum Gasteiger partial charge on any atom is -0.367 e. The van der Waals surface area contributed by atoms with Gasteiger partial charge in [-0.25, -0.2) is 13.1 Å². The van der Waals surface area contributed by atoms with E-state index in [-0.39, 0.29) is 28.6 Å². The summed E-state index contributed by atoms with van der Waals surface area (Å²) >= 11 is 0. The van der Waals surface area contributed by atoms with Crippen LogP contribution in [0, 0.1) is 0 Å². The largest absolute Gasteiger partial charge is 0.367 e. The SMILES string of the molecule is CCC(C)NS(=O)(=O)C1=C(N2CCCCC2)C(=O)c2ccccc2C1=O. The molecule has 7 heteroatoms. The number of likely N-dealkylation sites (tertiary alicyclic amines) is 1. The van der Waals surface area contributed by atoms with Crippen molar-refractivity contribution >= 4 is 21.6 Å². The van der Waals surface area contributed by atoms with Crippen LogP contribution in [0.15, 0.2) is 34.9 Å². The summed E-state index contributed by atoms with van der Waals surface area (Å²) in [5.74, 6) is -0.983. The summed E-state index contributed by atoms with van der Waals surface area (Å²) in [6.45, 7) is 4.76. The van der Waals surface area contributed by atoms with E-state index in [0.717, 1.165) is 19.3 Å². The second-order valence-electron chi connectivity index (χ2n) is 6.86. The first-order chi connectivity index (χ1) is 12.4. The Labute approximate surface area is 154 Å². The Morgan fingerprint density at radius 3 is 2.19 bits per heavy atom. The smallest absolute Gasteiger partial charge is 0.246 e. The molecule has 1 saturated heterocycles. The van der Waals surface area contributed by atoms with Gasteiger partial charge in [0.2, 0.25) is 21.6 Å². The molecular formula is C19H24N2O4S. The summed E-state index contributed by atoms with van der Waals surface area (Å²) in [5, 5.41) is 0. The van der Waals surface area contributed by atoms with Crippen LogP contribution in [-0.4, -0.2) is 44.0 Å². The summed E-state index contributed by atoms with van der Waals surface area (Å²) in [5.41, 5.74) is 0.465. The molecule has 1 aromatic carbocycles. The van der Waals surface area contributed by atoms with Crippen LogP contribution in [0.4, 0.5) is 0 Å². The Hall–Kier alpha value is -1.99. The lowest BCUT2D eigenvalue weighted by Crippen LogP contribution is -2.43. The molecule has 0 saturated carbocycles. The second-order valence-corrected chi connectivity index (χ2v) is 8.51. The highest BCUT2D eigenvalue weighted by Gasteiger charge is 2.41. The van der Waals surface area contributed by atoms with E-state index in [9.17, 15) is 18.0 Å². The van der Waals surface area contributed by atoms with Crippen molar-refractivity contribution in [1.82, 2.24) is 9.62 Å². The first-order valence-corrected chi connectivity index (χ1v) is 10.5. The third kappa shape index (κ3) is 3.33. The van der Waals surface area contributed by atoms with Crippen LogP contribution in [0.1, 0.15) is 60.2 Å². The van der Waals surface area contributed by atoms with Gasteiger partial charge in [0.05, 0.1) is 0 Å². The van der Waals surface area contributed by atoms with Crippen molar-refractivity contribution in [3.63, 3.8) is 0 Å². The van der Waals surface area contributed by atoms with E-state index in [1.54, 1.807) is 30.0 Å². The van der Waals surface area contributed by atoms with Gasteiger partial charge < -0.3 is 4.90 Å². The number of hydrogen-bond acceptors (Lipinski definition) is 5. The number of allylic oxidation sites excluding steroid dienone is 2. The molecule has 1 aromatic rings. The number of nitrogens with zero attached hydrogens (tertiary/aromatic N) is 1. The molecule has 0 spiro atoms. The molecule has 6 nitrogen and oxygen atoms in total. The van der Waals surface area contributed by atoms with Gasteiger partial charge in [-0.2, -0.15) is 0 Å². The number of fused-ring (bicyclic) bond motifs is 1. The predicted molar refractivity (Wildman–Crippen MR) is 99.4 cm³/mol. The lowest BCUT2D eigenvalue weighted by atomic mass is 9.91. The molecule has 1 heterocycles. The van der Waals surface area contributed by atoms with Gasteiger partial charge in [0.1, 0.15) is 5.70 Å². The van der Waals surface area contributed by atoms with Gasteiger partial charge in [0, 0.05) is 30.3 Å². The van der Waals surface area contributed by atoms with Gasteiger partial charge >= 0.3 is 0 Å². The summed E-state index contributed by atoms with van der Waals surface area (Å²) in [4.78, 5) is 27.6. The number of rotatable bonds is 5. The fourth-order valence-electron chi connectivity index (χ4n) is 3.40. The monoisotopic (exact) mass is 376 g/mol. The Kier molecular flexibility index (Phi) is 5.29. The molecule has 1 aliphatic heterocycles. The Balaban J connectivity index is 2.18. The number of Topliss-reactive ketones (excluding diaryl/α,β-unsaturated/α-hetero) is 2. The van der Waals surface area contributed by atoms with Gasteiger partial charge in [-0.3, -0.25) is 9.59 Å². The molecule has 3 rings (SSSR count). The highest BCUT2D eigenvalue weighted by Crippen LogP contribution is 2.32. The van der Waals surface area contributed by atoms with E-state index in [0.29, 0.717) is 19.5 Å². The Morgan fingerprint density at radius 2 is 1.62 bits per heavy atom. The van der Waals surface area contributed by atoms with Crippen LogP contribution in [-0.2, 0) is 10.0 Å². The van der Waals surface area contributed by atoms with E-state index >= 15 is 0 Å². The zero-order valence-corrected chi connectivity index (χ0v) is 15.9. The first kappa shape index (κ1) is 18.8. The average molecular weight is 376 g/mol. The molecule has 1 fully saturated rings. The highest BCUT2D eigenvalue weighted by atomic mass is 32.2. The minimum absolute atomic E-state index is 0.0317. The number of benzene rings is 1. The average Bonchev–Trinajstić information content (AvgIpc) is 2.64. The van der Waals surface area contributed by atoms with Crippen LogP contribution >= 0.6 is 0 Å². The number of hydrogen-bond donors (Lipinski definition) is 1. The van der Waals surface area contributed by atoms with Crippen molar-refractivity contribution in [2.24, 2.45) is 0 Å². The molecular weight excluding hydrogens is 352 g/mol. The van der Waals surface area contributed by atoms with E-state index in [1.807, 2.05) is 6.92 Å². The first-order valence-electron chi connectivity index (χ1n) is 9.06. The quantitative estimate of drug-likeness (QED) is 0.853. The summed E-state index contributed by atoms with van der Waals surface area (Å²) in [6.07, 6.45) is 3.37. The topological polar surface area (TPSA) is 83.6 Å². The minimum atomic E-state index is -4.10. The van der Waals surface area contributed by atoms with Crippen molar-refractivity contribution in [2.75, 3.05) is 13.1 Å². The maximum atomic E-state index is 13.1. The third-order valence-electron chi connectivity index (χ3n) is 4.96. The molecule has 2 aliphatic rings. The standard InChI is InChI=1S/C19H24N2O4S/c1-3-13(2)20-26(24,25)19-16(21-11-7-4-8-12-21)17(22)14-9-5-6-10-15(14)18(19)23/h5-6,9-10,13,20H,3-4,7-8,11-12H2,1-2H3. The second kappa shape index (κ2) is 7.32. The van der Waals surface area contributed by atoms with Gasteiger partial charge in [-0.1, -0.05) is 31.2 Å². The van der Waals surface area contributed by atoms with Crippen molar-refractivity contribution in [3.8, 4) is 0 Å². The van der Waals surface area contributed by atoms with E-state index < -0.39 is 20.7 Å². The van der Waals surface area contributed by atoms with Crippen molar-refractivity contribution < 1.29 is 18.0 Å². The summed E-state index contributed by atoms with van der Waals surface area (Å²) in [7, 11) is -4.10. The van der Waals surface area contributed by atoms with Crippen LogP contribution in [0.25, 0.3) is 0 Å². The number of sulfonamides is 1. The van der Waals surface area contributed by atoms with Crippen LogP contribution in [0.3, 0.4) is 0 Å². The predicted octanol–water partition coefficient (Wildman–Crippen LogP) is 2.48. The molecule has 1 aliphatic carbocycles. The molecule has 0 bridgehead atoms. The summed E-state index contributed by atoms with van der Waals surface area (Å²) in [6, 6.07) is 6.11. The number of nitrogens with one attached hydrogen (secondary N) is 1. The molecule has 140 valence electrons.